The summed E-state index contributed by atoms with van der Waals surface area (Å²) in [4.78, 5) is 18.7. The molecule has 1 aromatic rings. The Morgan fingerprint density at radius 1 is 1.39 bits per heavy atom. The predicted molar refractivity (Wildman–Crippen MR) is 89.9 cm³/mol. The van der Waals surface area contributed by atoms with Gasteiger partial charge in [0.25, 0.3) is 0 Å². The molecule has 2 heterocycles. The Labute approximate surface area is 139 Å². The van der Waals surface area contributed by atoms with Gasteiger partial charge in [-0.1, -0.05) is 13.0 Å². The van der Waals surface area contributed by atoms with Gasteiger partial charge in [0.2, 0.25) is 5.88 Å². The number of likely N-dealkylation sites (tertiary alicyclic amines) is 1. The molecule has 0 spiro atoms. The number of rotatable bonds is 3. The highest BCUT2D eigenvalue weighted by Gasteiger charge is 2.29. The van der Waals surface area contributed by atoms with Crippen LogP contribution in [0.2, 0.25) is 0 Å². The number of hydrogen-bond acceptors (Lipinski definition) is 4. The summed E-state index contributed by atoms with van der Waals surface area (Å²) in [5.41, 5.74) is 1.64. The van der Waals surface area contributed by atoms with Crippen molar-refractivity contribution < 1.29 is 14.3 Å². The second-order valence-electron chi connectivity index (χ2n) is 7.02. The van der Waals surface area contributed by atoms with Crippen molar-refractivity contribution in [3.63, 3.8) is 0 Å². The zero-order valence-electron chi connectivity index (χ0n) is 14.9. The van der Waals surface area contributed by atoms with Gasteiger partial charge >= 0.3 is 6.09 Å². The number of aryl methyl sites for hydroxylation is 1. The molecule has 0 bridgehead atoms. The Kier molecular flexibility index (Phi) is 5.50. The maximum atomic E-state index is 12.3. The number of piperidine rings is 1. The molecule has 23 heavy (non-hydrogen) atoms. The maximum absolute atomic E-state index is 12.3. The summed E-state index contributed by atoms with van der Waals surface area (Å²) < 4.78 is 10.9. The summed E-state index contributed by atoms with van der Waals surface area (Å²) in [7, 11) is 1.65. The van der Waals surface area contributed by atoms with Gasteiger partial charge < -0.3 is 14.4 Å². The lowest BCUT2D eigenvalue weighted by molar-refractivity contribution is 0.0197. The Balaban J connectivity index is 2.10. The Bertz CT molecular complexity index is 552. The van der Waals surface area contributed by atoms with Gasteiger partial charge in [-0.25, -0.2) is 9.78 Å². The first-order chi connectivity index (χ1) is 10.8. The second-order valence-corrected chi connectivity index (χ2v) is 7.02. The third-order valence-electron chi connectivity index (χ3n) is 4.03. The topological polar surface area (TPSA) is 51.7 Å². The van der Waals surface area contributed by atoms with Gasteiger partial charge in [-0.15, -0.1) is 0 Å². The van der Waals surface area contributed by atoms with Crippen LogP contribution in [0.25, 0.3) is 0 Å². The van der Waals surface area contributed by atoms with Crippen LogP contribution in [-0.4, -0.2) is 41.8 Å². The van der Waals surface area contributed by atoms with Gasteiger partial charge in [0.05, 0.1) is 7.11 Å². The summed E-state index contributed by atoms with van der Waals surface area (Å²) in [5, 5.41) is 0. The Morgan fingerprint density at radius 3 is 2.74 bits per heavy atom. The summed E-state index contributed by atoms with van der Waals surface area (Å²) >= 11 is 0. The number of nitrogens with zero attached hydrogens (tertiary/aromatic N) is 2. The number of pyridine rings is 1. The first-order valence-corrected chi connectivity index (χ1v) is 8.35. The van der Waals surface area contributed by atoms with Gasteiger partial charge in [0, 0.05) is 30.3 Å². The Hall–Kier alpha value is -1.78. The first kappa shape index (κ1) is 17.6. The fourth-order valence-corrected chi connectivity index (χ4v) is 2.87. The van der Waals surface area contributed by atoms with Gasteiger partial charge in [0.15, 0.2) is 0 Å². The number of carbonyl (C=O) groups excluding carboxylic acids is 1. The number of ether oxygens (including phenoxy) is 2. The number of methoxy groups -OCH3 is 1. The molecule has 1 atom stereocenters. The molecule has 5 heteroatoms. The van der Waals surface area contributed by atoms with E-state index >= 15 is 0 Å². The molecule has 1 aliphatic rings. The third-order valence-corrected chi connectivity index (χ3v) is 4.03. The van der Waals surface area contributed by atoms with Crippen LogP contribution >= 0.6 is 0 Å². The second kappa shape index (κ2) is 7.20. The zero-order chi connectivity index (χ0) is 17.0. The van der Waals surface area contributed by atoms with Crippen molar-refractivity contribution in [1.29, 1.82) is 0 Å². The maximum Gasteiger partial charge on any atom is 0.410 e. The van der Waals surface area contributed by atoms with Crippen LogP contribution in [0.3, 0.4) is 0 Å². The summed E-state index contributed by atoms with van der Waals surface area (Å²) in [5.74, 6) is 0.926. The molecule has 1 aliphatic heterocycles. The lowest BCUT2D eigenvalue weighted by atomic mass is 9.94. The van der Waals surface area contributed by atoms with Crippen LogP contribution in [-0.2, 0) is 11.2 Å². The van der Waals surface area contributed by atoms with Gasteiger partial charge in [-0.3, -0.25) is 0 Å². The SMILES string of the molecule is CCc1ccc([C@H]2CCCN(C(=O)OC(C)(C)C)C2)nc1OC. The molecular weight excluding hydrogens is 292 g/mol. The largest absolute Gasteiger partial charge is 0.481 e. The average molecular weight is 320 g/mol. The Morgan fingerprint density at radius 2 is 2.13 bits per heavy atom. The fraction of sp³-hybridized carbons (Fsp3) is 0.667. The molecule has 128 valence electrons. The van der Waals surface area contributed by atoms with E-state index in [1.54, 1.807) is 12.0 Å². The van der Waals surface area contributed by atoms with E-state index in [0.717, 1.165) is 37.1 Å². The van der Waals surface area contributed by atoms with Crippen LogP contribution in [0.15, 0.2) is 12.1 Å². The van der Waals surface area contributed by atoms with Crippen molar-refractivity contribution in [2.45, 2.75) is 58.5 Å². The molecule has 1 amide bonds. The number of amides is 1. The molecule has 0 aromatic carbocycles. The highest BCUT2D eigenvalue weighted by molar-refractivity contribution is 5.68. The average Bonchev–Trinajstić information content (AvgIpc) is 2.52. The fourth-order valence-electron chi connectivity index (χ4n) is 2.87. The molecule has 5 nitrogen and oxygen atoms in total. The molecule has 2 rings (SSSR count). The molecule has 1 fully saturated rings. The van der Waals surface area contributed by atoms with Crippen molar-refractivity contribution in [3.05, 3.63) is 23.4 Å². The zero-order valence-corrected chi connectivity index (χ0v) is 14.9. The molecule has 0 aliphatic carbocycles. The van der Waals surface area contributed by atoms with E-state index in [1.165, 1.54) is 0 Å². The van der Waals surface area contributed by atoms with E-state index < -0.39 is 5.60 Å². The van der Waals surface area contributed by atoms with E-state index in [2.05, 4.69) is 24.0 Å². The highest BCUT2D eigenvalue weighted by Crippen LogP contribution is 2.29. The quantitative estimate of drug-likeness (QED) is 0.851. The van der Waals surface area contributed by atoms with E-state index in [9.17, 15) is 4.79 Å². The molecule has 0 saturated carbocycles. The molecule has 0 N–H and O–H groups in total. The van der Waals surface area contributed by atoms with Crippen molar-refractivity contribution in [2.24, 2.45) is 0 Å². The summed E-state index contributed by atoms with van der Waals surface area (Å²) in [6, 6.07) is 4.14. The van der Waals surface area contributed by atoms with Crippen LogP contribution in [0.5, 0.6) is 5.88 Å². The van der Waals surface area contributed by atoms with E-state index in [1.807, 2.05) is 20.8 Å². The van der Waals surface area contributed by atoms with Crippen molar-refractivity contribution in [2.75, 3.05) is 20.2 Å². The lowest BCUT2D eigenvalue weighted by Gasteiger charge is -2.34. The van der Waals surface area contributed by atoms with Crippen LogP contribution < -0.4 is 4.74 Å². The first-order valence-electron chi connectivity index (χ1n) is 8.35. The minimum absolute atomic E-state index is 0.232. The molecule has 1 saturated heterocycles. The van der Waals surface area contributed by atoms with E-state index in [0.29, 0.717) is 12.4 Å². The van der Waals surface area contributed by atoms with Gasteiger partial charge in [-0.05, 0) is 46.1 Å². The smallest absolute Gasteiger partial charge is 0.410 e. The van der Waals surface area contributed by atoms with E-state index in [-0.39, 0.29) is 12.0 Å². The van der Waals surface area contributed by atoms with Crippen molar-refractivity contribution >= 4 is 6.09 Å². The minimum atomic E-state index is -0.464. The van der Waals surface area contributed by atoms with Crippen molar-refractivity contribution in [1.82, 2.24) is 9.88 Å². The summed E-state index contributed by atoms with van der Waals surface area (Å²) in [6.07, 6.45) is 2.65. The molecular formula is C18H28N2O3. The van der Waals surface area contributed by atoms with Gasteiger partial charge in [0.1, 0.15) is 5.60 Å². The normalized spacial score (nSPS) is 18.7. The third kappa shape index (κ3) is 4.60. The van der Waals surface area contributed by atoms with Crippen LogP contribution in [0.1, 0.15) is 57.7 Å². The predicted octanol–water partition coefficient (Wildman–Crippen LogP) is 3.77. The van der Waals surface area contributed by atoms with Crippen LogP contribution in [0, 0.1) is 0 Å². The van der Waals surface area contributed by atoms with Crippen LogP contribution in [0.4, 0.5) is 4.79 Å². The molecule has 0 unspecified atom stereocenters. The molecule has 1 aromatic heterocycles. The summed E-state index contributed by atoms with van der Waals surface area (Å²) in [6.45, 7) is 9.16. The van der Waals surface area contributed by atoms with Crippen molar-refractivity contribution in [3.8, 4) is 5.88 Å². The minimum Gasteiger partial charge on any atom is -0.481 e. The number of hydrogen-bond donors (Lipinski definition) is 0. The number of carbonyl (C=O) groups is 1. The number of aromatic nitrogens is 1. The lowest BCUT2D eigenvalue weighted by Crippen LogP contribution is -2.42. The highest BCUT2D eigenvalue weighted by atomic mass is 16.6. The molecule has 0 radical (unpaired) electrons. The standard InChI is InChI=1S/C18H28N2O3/c1-6-13-9-10-15(19-16(13)22-5)14-8-7-11-20(12-14)17(21)23-18(2,3)4/h9-10,14H,6-8,11-12H2,1-5H3/t14-/m0/s1. The monoisotopic (exact) mass is 320 g/mol. The van der Waals surface area contributed by atoms with Gasteiger partial charge in [-0.2, -0.15) is 0 Å². The van der Waals surface area contributed by atoms with E-state index in [4.69, 9.17) is 9.47 Å².